The summed E-state index contributed by atoms with van der Waals surface area (Å²) < 4.78 is 2.06. The predicted octanol–water partition coefficient (Wildman–Crippen LogP) is 1.67. The van der Waals surface area contributed by atoms with Crippen molar-refractivity contribution in [2.75, 3.05) is 18.5 Å². The summed E-state index contributed by atoms with van der Waals surface area (Å²) in [5, 5.41) is 14.8. The number of rotatable bonds is 6. The van der Waals surface area contributed by atoms with Crippen molar-refractivity contribution in [2.45, 2.75) is 13.5 Å². The maximum absolute atomic E-state index is 12.0. The second-order valence-electron chi connectivity index (χ2n) is 4.92. The van der Waals surface area contributed by atoms with Gasteiger partial charge in [0, 0.05) is 36.7 Å². The average molecular weight is 287 g/mol. The molecule has 5 heteroatoms. The number of benzene rings is 1. The number of carbonyl (C=O) groups excluding carboxylic acids is 1. The summed E-state index contributed by atoms with van der Waals surface area (Å²) in [5.41, 5.74) is 3.64. The quantitative estimate of drug-likeness (QED) is 0.757. The van der Waals surface area contributed by atoms with E-state index in [1.807, 2.05) is 38.4 Å². The lowest BCUT2D eigenvalue weighted by Crippen LogP contribution is -2.27. The molecule has 2 aromatic rings. The molecule has 21 heavy (non-hydrogen) atoms. The van der Waals surface area contributed by atoms with Gasteiger partial charge in [-0.15, -0.1) is 0 Å². The highest BCUT2D eigenvalue weighted by atomic mass is 16.3. The minimum Gasteiger partial charge on any atom is -0.395 e. The van der Waals surface area contributed by atoms with Crippen molar-refractivity contribution in [3.63, 3.8) is 0 Å². The van der Waals surface area contributed by atoms with Gasteiger partial charge >= 0.3 is 0 Å². The predicted molar refractivity (Wildman–Crippen MR) is 83.3 cm³/mol. The van der Waals surface area contributed by atoms with Gasteiger partial charge in [0.05, 0.1) is 13.2 Å². The van der Waals surface area contributed by atoms with E-state index in [2.05, 4.69) is 21.3 Å². The van der Waals surface area contributed by atoms with E-state index >= 15 is 0 Å². The highest BCUT2D eigenvalue weighted by Crippen LogP contribution is 2.19. The fraction of sp³-hybridized carbons (Fsp3) is 0.312. The van der Waals surface area contributed by atoms with Gasteiger partial charge in [0.25, 0.3) is 5.91 Å². The molecule has 0 aliphatic rings. The molecular weight excluding hydrogens is 266 g/mol. The zero-order valence-corrected chi connectivity index (χ0v) is 12.4. The lowest BCUT2D eigenvalue weighted by atomic mass is 10.1. The Labute approximate surface area is 124 Å². The van der Waals surface area contributed by atoms with E-state index in [0.717, 1.165) is 11.3 Å². The van der Waals surface area contributed by atoms with Crippen molar-refractivity contribution in [2.24, 2.45) is 7.05 Å². The van der Waals surface area contributed by atoms with Crippen LogP contribution in [0.4, 0.5) is 5.69 Å². The standard InChI is InChI=1S/C16H21N3O2/c1-12-14(16(21)17-8-10-20)6-3-7-15(12)18-11-13-5-4-9-19(13)2/h3-7,9,18,20H,8,10-11H2,1-2H3,(H,17,21). The molecule has 0 spiro atoms. The van der Waals surface area contributed by atoms with Crippen molar-refractivity contribution in [3.8, 4) is 0 Å². The largest absolute Gasteiger partial charge is 0.395 e. The van der Waals surface area contributed by atoms with Gasteiger partial charge in [0.1, 0.15) is 0 Å². The Hall–Kier alpha value is -2.27. The van der Waals surface area contributed by atoms with Crippen molar-refractivity contribution in [1.29, 1.82) is 0 Å². The number of aromatic nitrogens is 1. The Kier molecular flexibility index (Phi) is 5.00. The van der Waals surface area contributed by atoms with Crippen LogP contribution in [0.5, 0.6) is 0 Å². The molecule has 1 amide bonds. The minimum atomic E-state index is -0.163. The first-order chi connectivity index (χ1) is 10.1. The molecule has 3 N–H and O–H groups in total. The molecule has 0 aliphatic carbocycles. The van der Waals surface area contributed by atoms with Crippen molar-refractivity contribution in [3.05, 3.63) is 53.3 Å². The SMILES string of the molecule is Cc1c(NCc2cccn2C)cccc1C(=O)NCCO. The number of anilines is 1. The monoisotopic (exact) mass is 287 g/mol. The molecule has 0 saturated carbocycles. The Morgan fingerprint density at radius 2 is 2.10 bits per heavy atom. The summed E-state index contributed by atoms with van der Waals surface area (Å²) in [4.78, 5) is 12.0. The first kappa shape index (κ1) is 15.1. The van der Waals surface area contributed by atoms with Gasteiger partial charge in [-0.05, 0) is 36.8 Å². The summed E-state index contributed by atoms with van der Waals surface area (Å²) in [6.45, 7) is 2.82. The maximum Gasteiger partial charge on any atom is 0.251 e. The third kappa shape index (κ3) is 3.64. The molecule has 1 aromatic heterocycles. The number of nitrogens with one attached hydrogen (secondary N) is 2. The van der Waals surface area contributed by atoms with Crippen LogP contribution in [-0.2, 0) is 13.6 Å². The van der Waals surface area contributed by atoms with E-state index in [1.54, 1.807) is 6.07 Å². The molecule has 0 unspecified atom stereocenters. The van der Waals surface area contributed by atoms with Crippen LogP contribution in [0.25, 0.3) is 0 Å². The molecule has 0 radical (unpaired) electrons. The molecule has 0 aliphatic heterocycles. The molecular formula is C16H21N3O2. The lowest BCUT2D eigenvalue weighted by molar-refractivity contribution is 0.0944. The van der Waals surface area contributed by atoms with Gasteiger partial charge in [-0.2, -0.15) is 0 Å². The third-order valence-corrected chi connectivity index (χ3v) is 3.49. The first-order valence-electron chi connectivity index (χ1n) is 6.96. The Balaban J connectivity index is 2.10. The highest BCUT2D eigenvalue weighted by Gasteiger charge is 2.11. The maximum atomic E-state index is 12.0. The van der Waals surface area contributed by atoms with Crippen LogP contribution >= 0.6 is 0 Å². The Morgan fingerprint density at radius 1 is 1.29 bits per heavy atom. The number of aryl methyl sites for hydroxylation is 1. The van der Waals surface area contributed by atoms with Gasteiger partial charge in [-0.1, -0.05) is 6.07 Å². The second-order valence-corrected chi connectivity index (χ2v) is 4.92. The molecule has 5 nitrogen and oxygen atoms in total. The number of aliphatic hydroxyl groups excluding tert-OH is 1. The normalized spacial score (nSPS) is 10.4. The smallest absolute Gasteiger partial charge is 0.251 e. The number of aliphatic hydroxyl groups is 1. The van der Waals surface area contributed by atoms with E-state index in [9.17, 15) is 4.79 Å². The summed E-state index contributed by atoms with van der Waals surface area (Å²) in [6.07, 6.45) is 2.00. The molecule has 0 atom stereocenters. The van der Waals surface area contributed by atoms with E-state index in [4.69, 9.17) is 5.11 Å². The lowest BCUT2D eigenvalue weighted by Gasteiger charge is -2.13. The van der Waals surface area contributed by atoms with E-state index in [1.165, 1.54) is 5.69 Å². The van der Waals surface area contributed by atoms with E-state index < -0.39 is 0 Å². The summed E-state index contributed by atoms with van der Waals surface area (Å²) >= 11 is 0. The summed E-state index contributed by atoms with van der Waals surface area (Å²) in [5.74, 6) is -0.163. The Morgan fingerprint density at radius 3 is 2.76 bits per heavy atom. The fourth-order valence-electron chi connectivity index (χ4n) is 2.20. The summed E-state index contributed by atoms with van der Waals surface area (Å²) in [6, 6.07) is 9.66. The van der Waals surface area contributed by atoms with Crippen molar-refractivity contribution < 1.29 is 9.90 Å². The molecule has 1 heterocycles. The third-order valence-electron chi connectivity index (χ3n) is 3.49. The van der Waals surface area contributed by atoms with Gasteiger partial charge in [0.15, 0.2) is 0 Å². The average Bonchev–Trinajstić information content (AvgIpc) is 2.89. The number of amides is 1. The van der Waals surface area contributed by atoms with E-state index in [-0.39, 0.29) is 19.1 Å². The molecule has 112 valence electrons. The van der Waals surface area contributed by atoms with Crippen LogP contribution in [0.3, 0.4) is 0 Å². The zero-order chi connectivity index (χ0) is 15.2. The Bertz CT molecular complexity index is 620. The summed E-state index contributed by atoms with van der Waals surface area (Å²) in [7, 11) is 2.00. The number of carbonyl (C=O) groups is 1. The molecule has 0 bridgehead atoms. The number of hydrogen-bond donors (Lipinski definition) is 3. The van der Waals surface area contributed by atoms with Crippen LogP contribution in [0.2, 0.25) is 0 Å². The van der Waals surface area contributed by atoms with Crippen LogP contribution in [0.15, 0.2) is 36.5 Å². The highest BCUT2D eigenvalue weighted by molar-refractivity contribution is 5.97. The van der Waals surface area contributed by atoms with Crippen LogP contribution in [0, 0.1) is 6.92 Å². The van der Waals surface area contributed by atoms with E-state index in [0.29, 0.717) is 12.1 Å². The molecule has 1 aromatic carbocycles. The molecule has 0 saturated heterocycles. The second kappa shape index (κ2) is 6.95. The first-order valence-corrected chi connectivity index (χ1v) is 6.96. The molecule has 2 rings (SSSR count). The molecule has 0 fully saturated rings. The topological polar surface area (TPSA) is 66.3 Å². The van der Waals surface area contributed by atoms with Crippen LogP contribution < -0.4 is 10.6 Å². The zero-order valence-electron chi connectivity index (χ0n) is 12.4. The van der Waals surface area contributed by atoms with Crippen molar-refractivity contribution >= 4 is 11.6 Å². The van der Waals surface area contributed by atoms with Crippen LogP contribution in [0.1, 0.15) is 21.6 Å². The van der Waals surface area contributed by atoms with Gasteiger partial charge in [-0.25, -0.2) is 0 Å². The van der Waals surface area contributed by atoms with Gasteiger partial charge in [-0.3, -0.25) is 4.79 Å². The number of hydrogen-bond acceptors (Lipinski definition) is 3. The van der Waals surface area contributed by atoms with Crippen LogP contribution in [-0.4, -0.2) is 28.7 Å². The number of nitrogens with zero attached hydrogens (tertiary/aromatic N) is 1. The van der Waals surface area contributed by atoms with Gasteiger partial charge in [0.2, 0.25) is 0 Å². The minimum absolute atomic E-state index is 0.0593. The van der Waals surface area contributed by atoms with Gasteiger partial charge < -0.3 is 20.3 Å². The van der Waals surface area contributed by atoms with Crippen molar-refractivity contribution in [1.82, 2.24) is 9.88 Å². The fourth-order valence-corrected chi connectivity index (χ4v) is 2.20.